The lowest BCUT2D eigenvalue weighted by Gasteiger charge is -2.32. The summed E-state index contributed by atoms with van der Waals surface area (Å²) >= 11 is 0. The van der Waals surface area contributed by atoms with Crippen molar-refractivity contribution in [3.63, 3.8) is 0 Å². The molecule has 3 aromatic rings. The number of nitrogens with one attached hydrogen (secondary N) is 1. The highest BCUT2D eigenvalue weighted by atomic mass is 32.2. The molecule has 11 heteroatoms. The number of rotatable bonds is 14. The van der Waals surface area contributed by atoms with Crippen LogP contribution in [-0.2, 0) is 37.3 Å². The number of benzene rings is 3. The SMILES string of the molecule is COc1ccc(CN(C(=O)CCc2ccc(S(=O)(=O)N3CCCC3)cc2)C(C(=O)NCCN2CCOCC2)c2ccccc2)cc1. The van der Waals surface area contributed by atoms with Crippen molar-refractivity contribution in [2.75, 3.05) is 59.6 Å². The minimum Gasteiger partial charge on any atom is -0.497 e. The topological polar surface area (TPSA) is 108 Å². The molecule has 0 spiro atoms. The minimum absolute atomic E-state index is 0.152. The van der Waals surface area contributed by atoms with Crippen LogP contribution in [0.1, 0.15) is 42.0 Å². The second kappa shape index (κ2) is 16.2. The fourth-order valence-corrected chi connectivity index (χ4v) is 7.44. The molecule has 2 saturated heterocycles. The number of sulfonamides is 1. The summed E-state index contributed by atoms with van der Waals surface area (Å²) in [4.78, 5) is 32.2. The molecule has 246 valence electrons. The lowest BCUT2D eigenvalue weighted by atomic mass is 10.0. The molecule has 0 radical (unpaired) electrons. The summed E-state index contributed by atoms with van der Waals surface area (Å²) in [6.07, 6.45) is 2.31. The molecule has 2 amide bonds. The Morgan fingerprint density at radius 1 is 0.891 bits per heavy atom. The van der Waals surface area contributed by atoms with Gasteiger partial charge < -0.3 is 19.7 Å². The molecule has 0 aromatic heterocycles. The molecule has 2 heterocycles. The van der Waals surface area contributed by atoms with Crippen molar-refractivity contribution in [2.24, 2.45) is 0 Å². The van der Waals surface area contributed by atoms with E-state index in [0.717, 1.165) is 42.6 Å². The standard InChI is InChI=1S/C35H44N4O6S/c1-44-31-14-9-29(10-15-31)27-39(33(40)18-13-28-11-16-32(17-12-28)46(42,43)38-20-5-6-21-38)34(30-7-3-2-4-8-30)35(41)36-19-22-37-23-25-45-26-24-37/h2-4,7-12,14-17,34H,5-6,13,18-27H2,1H3,(H,36,41). The largest absolute Gasteiger partial charge is 0.497 e. The summed E-state index contributed by atoms with van der Waals surface area (Å²) in [5, 5.41) is 3.09. The maximum atomic E-state index is 14.1. The van der Waals surface area contributed by atoms with E-state index >= 15 is 0 Å². The van der Waals surface area contributed by atoms with Crippen molar-refractivity contribution in [2.45, 2.75) is 43.2 Å². The van der Waals surface area contributed by atoms with Gasteiger partial charge in [0, 0.05) is 52.2 Å². The third kappa shape index (κ3) is 8.73. The van der Waals surface area contributed by atoms with E-state index < -0.39 is 16.1 Å². The van der Waals surface area contributed by atoms with E-state index in [1.165, 1.54) is 4.31 Å². The van der Waals surface area contributed by atoms with E-state index in [-0.39, 0.29) is 29.7 Å². The summed E-state index contributed by atoms with van der Waals surface area (Å²) in [6, 6.07) is 22.8. The highest BCUT2D eigenvalue weighted by Gasteiger charge is 2.32. The molecule has 1 N–H and O–H groups in total. The van der Waals surface area contributed by atoms with Crippen LogP contribution in [0.25, 0.3) is 0 Å². The highest BCUT2D eigenvalue weighted by molar-refractivity contribution is 7.89. The Morgan fingerprint density at radius 2 is 1.54 bits per heavy atom. The van der Waals surface area contributed by atoms with E-state index in [4.69, 9.17) is 9.47 Å². The predicted molar refractivity (Wildman–Crippen MR) is 176 cm³/mol. The highest BCUT2D eigenvalue weighted by Crippen LogP contribution is 2.27. The Hall–Kier alpha value is -3.77. The van der Waals surface area contributed by atoms with E-state index in [1.54, 1.807) is 36.3 Å². The first-order chi connectivity index (χ1) is 22.3. The number of amides is 2. The first kappa shape index (κ1) is 33.6. The monoisotopic (exact) mass is 648 g/mol. The molecule has 0 bridgehead atoms. The zero-order valence-electron chi connectivity index (χ0n) is 26.5. The summed E-state index contributed by atoms with van der Waals surface area (Å²) in [7, 11) is -1.91. The molecule has 5 rings (SSSR count). The van der Waals surface area contributed by atoms with Gasteiger partial charge in [-0.25, -0.2) is 8.42 Å². The number of carbonyl (C=O) groups is 2. The number of aryl methyl sites for hydroxylation is 1. The average molecular weight is 649 g/mol. The van der Waals surface area contributed by atoms with Gasteiger partial charge in [0.2, 0.25) is 21.8 Å². The van der Waals surface area contributed by atoms with Crippen LogP contribution in [0.5, 0.6) is 5.75 Å². The number of nitrogens with zero attached hydrogens (tertiary/aromatic N) is 3. The molecule has 2 aliphatic rings. The average Bonchev–Trinajstić information content (AvgIpc) is 3.65. The fraction of sp³-hybridized carbons (Fsp3) is 0.429. The van der Waals surface area contributed by atoms with Gasteiger partial charge in [0.05, 0.1) is 25.2 Å². The predicted octanol–water partition coefficient (Wildman–Crippen LogP) is 3.63. The van der Waals surface area contributed by atoms with Crippen molar-refractivity contribution in [1.29, 1.82) is 0 Å². The van der Waals surface area contributed by atoms with Gasteiger partial charge in [-0.1, -0.05) is 54.6 Å². The van der Waals surface area contributed by atoms with Gasteiger partial charge in [0.1, 0.15) is 11.8 Å². The zero-order valence-corrected chi connectivity index (χ0v) is 27.3. The molecule has 2 aliphatic heterocycles. The van der Waals surface area contributed by atoms with Crippen LogP contribution in [0.3, 0.4) is 0 Å². The van der Waals surface area contributed by atoms with Crippen LogP contribution in [0, 0.1) is 0 Å². The Morgan fingerprint density at radius 3 is 2.20 bits per heavy atom. The van der Waals surface area contributed by atoms with E-state index in [2.05, 4.69) is 10.2 Å². The van der Waals surface area contributed by atoms with Gasteiger partial charge >= 0.3 is 0 Å². The molecule has 10 nitrogen and oxygen atoms in total. The Balaban J connectivity index is 1.34. The lowest BCUT2D eigenvalue weighted by molar-refractivity contribution is -0.141. The van der Waals surface area contributed by atoms with E-state index in [1.807, 2.05) is 54.6 Å². The summed E-state index contributed by atoms with van der Waals surface area (Å²) in [5.41, 5.74) is 2.45. The minimum atomic E-state index is -3.51. The molecular formula is C35H44N4O6S. The summed E-state index contributed by atoms with van der Waals surface area (Å²) < 4.78 is 38.2. The van der Waals surface area contributed by atoms with Crippen molar-refractivity contribution < 1.29 is 27.5 Å². The van der Waals surface area contributed by atoms with Crippen molar-refractivity contribution in [1.82, 2.24) is 19.4 Å². The first-order valence-electron chi connectivity index (χ1n) is 16.0. The molecule has 0 saturated carbocycles. The van der Waals surface area contributed by atoms with Crippen LogP contribution in [0.15, 0.2) is 83.8 Å². The Bertz CT molecular complexity index is 1520. The van der Waals surface area contributed by atoms with Gasteiger partial charge in [-0.15, -0.1) is 0 Å². The summed E-state index contributed by atoms with van der Waals surface area (Å²) in [5.74, 6) is 0.289. The van der Waals surface area contributed by atoms with Gasteiger partial charge in [-0.2, -0.15) is 4.31 Å². The van der Waals surface area contributed by atoms with Crippen LogP contribution >= 0.6 is 0 Å². The fourth-order valence-electron chi connectivity index (χ4n) is 5.92. The van der Waals surface area contributed by atoms with E-state index in [9.17, 15) is 18.0 Å². The van der Waals surface area contributed by atoms with Gasteiger partial charge in [0.25, 0.3) is 0 Å². The number of hydrogen-bond acceptors (Lipinski definition) is 7. The lowest BCUT2D eigenvalue weighted by Crippen LogP contribution is -2.46. The van der Waals surface area contributed by atoms with Crippen molar-refractivity contribution >= 4 is 21.8 Å². The third-order valence-corrected chi connectivity index (χ3v) is 10.5. The molecule has 46 heavy (non-hydrogen) atoms. The van der Waals surface area contributed by atoms with Crippen molar-refractivity contribution in [3.8, 4) is 5.75 Å². The van der Waals surface area contributed by atoms with Crippen LogP contribution < -0.4 is 10.1 Å². The van der Waals surface area contributed by atoms with E-state index in [0.29, 0.717) is 51.6 Å². The number of methoxy groups -OCH3 is 1. The molecule has 3 aromatic carbocycles. The van der Waals surface area contributed by atoms with Gasteiger partial charge in [-0.3, -0.25) is 14.5 Å². The molecule has 1 atom stereocenters. The number of hydrogen-bond donors (Lipinski definition) is 1. The quantitative estimate of drug-likeness (QED) is 0.285. The number of morpholine rings is 1. The van der Waals surface area contributed by atoms with Gasteiger partial charge in [-0.05, 0) is 60.2 Å². The maximum absolute atomic E-state index is 14.1. The first-order valence-corrected chi connectivity index (χ1v) is 17.4. The zero-order chi connectivity index (χ0) is 32.4. The second-order valence-electron chi connectivity index (χ2n) is 11.7. The van der Waals surface area contributed by atoms with Crippen LogP contribution in [-0.4, -0.2) is 93.9 Å². The van der Waals surface area contributed by atoms with Crippen LogP contribution in [0.2, 0.25) is 0 Å². The molecule has 2 fully saturated rings. The Labute approximate surface area is 272 Å². The maximum Gasteiger partial charge on any atom is 0.247 e. The number of carbonyl (C=O) groups excluding carboxylic acids is 2. The third-order valence-electron chi connectivity index (χ3n) is 8.59. The smallest absolute Gasteiger partial charge is 0.247 e. The molecule has 0 aliphatic carbocycles. The number of ether oxygens (including phenoxy) is 2. The van der Waals surface area contributed by atoms with Gasteiger partial charge in [0.15, 0.2) is 0 Å². The Kier molecular flexibility index (Phi) is 11.8. The molecular weight excluding hydrogens is 604 g/mol. The normalized spacial score (nSPS) is 16.5. The molecule has 1 unspecified atom stereocenters. The summed E-state index contributed by atoms with van der Waals surface area (Å²) in [6.45, 7) is 5.50. The second-order valence-corrected chi connectivity index (χ2v) is 13.6. The van der Waals surface area contributed by atoms with Crippen LogP contribution in [0.4, 0.5) is 0 Å². The van der Waals surface area contributed by atoms with Crippen molar-refractivity contribution in [3.05, 3.63) is 95.6 Å².